The average Bonchev–Trinajstić information content (AvgIpc) is 3.45. The van der Waals surface area contributed by atoms with Gasteiger partial charge in [-0.05, 0) is 61.6 Å². The molecule has 0 unspecified atom stereocenters. The number of ether oxygens (including phenoxy) is 1. The van der Waals surface area contributed by atoms with E-state index in [1.807, 2.05) is 0 Å². The zero-order chi connectivity index (χ0) is 29.1. The molecule has 16 heteroatoms. The number of nitrogens with zero attached hydrogens (tertiary/aromatic N) is 4. The second-order valence-corrected chi connectivity index (χ2v) is 10.1. The minimum atomic E-state index is -4.38. The smallest absolute Gasteiger partial charge is 0.433 e. The van der Waals surface area contributed by atoms with Gasteiger partial charge in [0.15, 0.2) is 11.3 Å². The van der Waals surface area contributed by atoms with E-state index in [-0.39, 0.29) is 65.5 Å². The van der Waals surface area contributed by atoms with E-state index in [2.05, 4.69) is 20.4 Å². The van der Waals surface area contributed by atoms with Crippen molar-refractivity contribution in [1.82, 2.24) is 24.9 Å². The standard InChI is InChI=1S/C19H22N4O5.C7H7F3N2.2ClH/c1-28-17(27)19-6-3-18(4-7-19,5-8-19)11-20-15(24)13-10-12(16(25)26)22-14-2-9-21-23(13)14;8-7(9,10)6-3-5(4-11)1-2-12-6;;/h2,9-10H,3-8,11H2,1H3,(H,20,24)(H,25,26);1-3H,4,11H2;2*1H. The molecule has 4 N–H and O–H groups in total. The third-order valence-electron chi connectivity index (χ3n) is 7.81. The number of fused-ring (bicyclic) bond motifs is 4. The minimum Gasteiger partial charge on any atom is -0.477 e. The maximum Gasteiger partial charge on any atom is 0.433 e. The number of amides is 1. The van der Waals surface area contributed by atoms with E-state index >= 15 is 0 Å². The molecule has 0 aromatic carbocycles. The number of aromatic carboxylic acids is 1. The van der Waals surface area contributed by atoms with Crippen molar-refractivity contribution in [3.8, 4) is 0 Å². The summed E-state index contributed by atoms with van der Waals surface area (Å²) in [5.74, 6) is -1.71. The zero-order valence-electron chi connectivity index (χ0n) is 22.5. The summed E-state index contributed by atoms with van der Waals surface area (Å²) >= 11 is 0. The Balaban J connectivity index is 0.000000375. The molecule has 2 bridgehead atoms. The molecule has 42 heavy (non-hydrogen) atoms. The van der Waals surface area contributed by atoms with Crippen LogP contribution in [0, 0.1) is 10.8 Å². The molecule has 0 saturated heterocycles. The van der Waals surface area contributed by atoms with Crippen LogP contribution in [-0.4, -0.2) is 56.2 Å². The number of nitrogens with two attached hydrogens (primary N) is 1. The first-order valence-electron chi connectivity index (χ1n) is 12.6. The lowest BCUT2D eigenvalue weighted by Gasteiger charge is -2.51. The first-order valence-corrected chi connectivity index (χ1v) is 12.6. The molecule has 3 fully saturated rings. The lowest BCUT2D eigenvalue weighted by atomic mass is 9.53. The SMILES string of the molecule is COC(=O)C12CCC(CNC(=O)c3cc(C(=O)O)nc4ccnn34)(CC1)CC2.Cl.Cl.NCc1ccnc(C(F)(F)F)c1. The van der Waals surface area contributed by atoms with Gasteiger partial charge in [-0.1, -0.05) is 0 Å². The Hall–Kier alpha value is -3.49. The molecule has 3 aromatic rings. The Morgan fingerprint density at radius 2 is 1.71 bits per heavy atom. The number of aromatic nitrogens is 4. The molecule has 3 aliphatic rings. The van der Waals surface area contributed by atoms with Crippen LogP contribution in [-0.2, 0) is 22.3 Å². The summed E-state index contributed by atoms with van der Waals surface area (Å²) in [5.41, 5.74) is 4.55. The number of carboxylic acid groups (broad SMARTS) is 1. The summed E-state index contributed by atoms with van der Waals surface area (Å²) in [6.07, 6.45) is 3.09. The number of rotatable bonds is 6. The Labute approximate surface area is 251 Å². The topological polar surface area (TPSA) is 162 Å². The molecule has 3 saturated carbocycles. The van der Waals surface area contributed by atoms with Crippen LogP contribution in [0.15, 0.2) is 36.7 Å². The van der Waals surface area contributed by atoms with E-state index < -0.39 is 17.8 Å². The quantitative estimate of drug-likeness (QED) is 0.339. The molecule has 6 rings (SSSR count). The van der Waals surface area contributed by atoms with Crippen LogP contribution >= 0.6 is 24.8 Å². The van der Waals surface area contributed by atoms with Crippen LogP contribution in [0.25, 0.3) is 5.65 Å². The fourth-order valence-electron chi connectivity index (χ4n) is 5.35. The van der Waals surface area contributed by atoms with Crippen molar-refractivity contribution >= 4 is 48.3 Å². The van der Waals surface area contributed by atoms with E-state index in [4.69, 9.17) is 10.5 Å². The average molecular weight is 635 g/mol. The molecule has 0 spiro atoms. The Bertz CT molecular complexity index is 1410. The van der Waals surface area contributed by atoms with Crippen LogP contribution in [0.2, 0.25) is 0 Å². The maximum atomic E-state index is 12.8. The first kappa shape index (κ1) is 34.7. The van der Waals surface area contributed by atoms with Gasteiger partial charge in [-0.25, -0.2) is 14.3 Å². The highest BCUT2D eigenvalue weighted by Crippen LogP contribution is 2.57. The Kier molecular flexibility index (Phi) is 11.3. The molecule has 1 amide bonds. The lowest BCUT2D eigenvalue weighted by Crippen LogP contribution is -2.50. The van der Waals surface area contributed by atoms with Gasteiger partial charge in [0.1, 0.15) is 11.4 Å². The molecule has 3 heterocycles. The first-order chi connectivity index (χ1) is 18.9. The fourth-order valence-corrected chi connectivity index (χ4v) is 5.35. The summed E-state index contributed by atoms with van der Waals surface area (Å²) in [5, 5.41) is 16.3. The lowest BCUT2D eigenvalue weighted by molar-refractivity contribution is -0.162. The summed E-state index contributed by atoms with van der Waals surface area (Å²) in [6.45, 7) is 0.572. The number of pyridine rings is 1. The molecule has 11 nitrogen and oxygen atoms in total. The molecular formula is C26H31Cl2F3N6O5. The van der Waals surface area contributed by atoms with Crippen molar-refractivity contribution < 1.29 is 37.4 Å². The van der Waals surface area contributed by atoms with Gasteiger partial charge in [0.25, 0.3) is 5.91 Å². The van der Waals surface area contributed by atoms with Gasteiger partial charge < -0.3 is 20.9 Å². The van der Waals surface area contributed by atoms with Gasteiger partial charge in [-0.2, -0.15) is 18.3 Å². The molecule has 0 aliphatic heterocycles. The number of carboxylic acids is 1. The van der Waals surface area contributed by atoms with Gasteiger partial charge in [0, 0.05) is 31.4 Å². The number of esters is 1. The van der Waals surface area contributed by atoms with Crippen LogP contribution in [0.1, 0.15) is 70.8 Å². The summed E-state index contributed by atoms with van der Waals surface area (Å²) in [6, 6.07) is 5.19. The zero-order valence-corrected chi connectivity index (χ0v) is 24.2. The molecular weight excluding hydrogens is 604 g/mol. The van der Waals surface area contributed by atoms with Gasteiger partial charge in [0.05, 0.1) is 18.7 Å². The van der Waals surface area contributed by atoms with Crippen molar-refractivity contribution in [2.45, 2.75) is 51.2 Å². The Morgan fingerprint density at radius 3 is 2.26 bits per heavy atom. The van der Waals surface area contributed by atoms with Gasteiger partial charge >= 0.3 is 18.1 Å². The molecule has 230 valence electrons. The maximum absolute atomic E-state index is 12.8. The summed E-state index contributed by atoms with van der Waals surface area (Å²) in [4.78, 5) is 43.4. The highest BCUT2D eigenvalue weighted by molar-refractivity contribution is 5.96. The third kappa shape index (κ3) is 7.28. The molecule has 0 atom stereocenters. The summed E-state index contributed by atoms with van der Waals surface area (Å²) < 4.78 is 42.3. The highest BCUT2D eigenvalue weighted by Gasteiger charge is 2.53. The highest BCUT2D eigenvalue weighted by atomic mass is 35.5. The predicted octanol–water partition coefficient (Wildman–Crippen LogP) is 4.07. The number of methoxy groups -OCH3 is 1. The second-order valence-electron chi connectivity index (χ2n) is 10.1. The molecule has 0 radical (unpaired) electrons. The van der Waals surface area contributed by atoms with Gasteiger partial charge in [-0.3, -0.25) is 14.6 Å². The predicted molar refractivity (Wildman–Crippen MR) is 148 cm³/mol. The van der Waals surface area contributed by atoms with E-state index in [0.29, 0.717) is 17.8 Å². The Morgan fingerprint density at radius 1 is 1.07 bits per heavy atom. The third-order valence-corrected chi connectivity index (χ3v) is 7.81. The van der Waals surface area contributed by atoms with Crippen LogP contribution < -0.4 is 11.1 Å². The number of hydrogen-bond donors (Lipinski definition) is 3. The van der Waals surface area contributed by atoms with Crippen molar-refractivity contribution in [3.63, 3.8) is 0 Å². The van der Waals surface area contributed by atoms with Crippen LogP contribution in [0.5, 0.6) is 0 Å². The van der Waals surface area contributed by atoms with Crippen LogP contribution in [0.3, 0.4) is 0 Å². The van der Waals surface area contributed by atoms with Crippen molar-refractivity contribution in [3.05, 3.63) is 59.3 Å². The monoisotopic (exact) mass is 634 g/mol. The second kappa shape index (κ2) is 13.7. The van der Waals surface area contributed by atoms with Crippen molar-refractivity contribution in [1.29, 1.82) is 0 Å². The number of nitrogens with one attached hydrogen (secondary N) is 1. The van der Waals surface area contributed by atoms with E-state index in [0.717, 1.165) is 50.8 Å². The minimum absolute atomic E-state index is 0. The number of hydrogen-bond acceptors (Lipinski definition) is 8. The number of carbonyl (C=O) groups is 3. The van der Waals surface area contributed by atoms with Gasteiger partial charge in [0.2, 0.25) is 0 Å². The molecule has 3 aromatic heterocycles. The van der Waals surface area contributed by atoms with Gasteiger partial charge in [-0.15, -0.1) is 24.8 Å². The van der Waals surface area contributed by atoms with E-state index in [1.165, 1.54) is 30.0 Å². The number of alkyl halides is 3. The van der Waals surface area contributed by atoms with Crippen molar-refractivity contribution in [2.24, 2.45) is 16.6 Å². The number of carbonyl (C=O) groups excluding carboxylic acids is 2. The van der Waals surface area contributed by atoms with Crippen molar-refractivity contribution in [2.75, 3.05) is 13.7 Å². The van der Waals surface area contributed by atoms with E-state index in [1.54, 1.807) is 6.07 Å². The number of halogens is 5. The molecule has 3 aliphatic carbocycles. The van der Waals surface area contributed by atoms with E-state index in [9.17, 15) is 32.7 Å². The fraction of sp³-hybridized carbons (Fsp3) is 0.462. The largest absolute Gasteiger partial charge is 0.477 e. The van der Waals surface area contributed by atoms with Crippen LogP contribution in [0.4, 0.5) is 13.2 Å². The summed E-state index contributed by atoms with van der Waals surface area (Å²) in [7, 11) is 1.43. The normalized spacial score (nSPS) is 20.8.